The average molecular weight is 543 g/mol. The predicted octanol–water partition coefficient (Wildman–Crippen LogP) is 4.39. The molecule has 3 heterocycles. The molecule has 0 unspecified atom stereocenters. The van der Waals surface area contributed by atoms with E-state index in [-0.39, 0.29) is 38.7 Å². The minimum absolute atomic E-state index is 0.00858. The van der Waals surface area contributed by atoms with Crippen molar-refractivity contribution in [2.24, 2.45) is 0 Å². The van der Waals surface area contributed by atoms with Crippen LogP contribution in [-0.2, 0) is 19.4 Å². The van der Waals surface area contributed by atoms with Gasteiger partial charge in [-0.2, -0.15) is 4.98 Å². The van der Waals surface area contributed by atoms with Gasteiger partial charge in [0.2, 0.25) is 31.8 Å². The fraction of sp³-hybridized carbons (Fsp3) is 0.300. The lowest BCUT2D eigenvalue weighted by Gasteiger charge is -2.10. The zero-order chi connectivity index (χ0) is 21.8. The summed E-state index contributed by atoms with van der Waals surface area (Å²) in [5, 5.41) is 4.59. The molecule has 7 nitrogen and oxygen atoms in total. The van der Waals surface area contributed by atoms with Crippen molar-refractivity contribution in [3.05, 3.63) is 46.3 Å². The number of thioether (sulfide) groups is 1. The van der Waals surface area contributed by atoms with E-state index < -0.39 is 9.84 Å². The zero-order valence-corrected chi connectivity index (χ0v) is 20.3. The molecule has 0 saturated carbocycles. The van der Waals surface area contributed by atoms with Gasteiger partial charge < -0.3 is 14.5 Å². The Morgan fingerprint density at radius 1 is 1.29 bits per heavy atom. The summed E-state index contributed by atoms with van der Waals surface area (Å²) in [4.78, 5) is 17.4. The molecule has 2 aromatic heterocycles. The SMILES string of the molecule is O=C(CSc1oc(-c2cccs2)nc1S(=O)(=O)c1ccc(Br)cc1)NC[C@H]1CCCO1. The van der Waals surface area contributed by atoms with Gasteiger partial charge in [-0.15, -0.1) is 11.3 Å². The van der Waals surface area contributed by atoms with Crippen molar-refractivity contribution in [2.75, 3.05) is 18.9 Å². The Morgan fingerprint density at radius 2 is 2.10 bits per heavy atom. The number of nitrogens with one attached hydrogen (secondary N) is 1. The summed E-state index contributed by atoms with van der Waals surface area (Å²) >= 11 is 5.72. The molecule has 164 valence electrons. The van der Waals surface area contributed by atoms with Crippen molar-refractivity contribution in [3.8, 4) is 10.8 Å². The number of thiophene rings is 1. The quantitative estimate of drug-likeness (QED) is 0.421. The molecule has 1 atom stereocenters. The van der Waals surface area contributed by atoms with Crippen LogP contribution in [0.5, 0.6) is 0 Å². The van der Waals surface area contributed by atoms with E-state index in [1.807, 2.05) is 11.4 Å². The van der Waals surface area contributed by atoms with Crippen LogP contribution in [0.4, 0.5) is 0 Å². The largest absolute Gasteiger partial charge is 0.428 e. The van der Waals surface area contributed by atoms with E-state index >= 15 is 0 Å². The number of ether oxygens (including phenoxy) is 1. The van der Waals surface area contributed by atoms with E-state index in [1.54, 1.807) is 18.2 Å². The minimum Gasteiger partial charge on any atom is -0.428 e. The van der Waals surface area contributed by atoms with Gasteiger partial charge in [0.15, 0.2) is 0 Å². The van der Waals surface area contributed by atoms with Crippen LogP contribution in [0.25, 0.3) is 10.8 Å². The van der Waals surface area contributed by atoms with E-state index in [0.717, 1.165) is 35.7 Å². The van der Waals surface area contributed by atoms with Gasteiger partial charge >= 0.3 is 0 Å². The second-order valence-electron chi connectivity index (χ2n) is 6.77. The molecule has 31 heavy (non-hydrogen) atoms. The fourth-order valence-electron chi connectivity index (χ4n) is 3.00. The van der Waals surface area contributed by atoms with Crippen LogP contribution in [0.2, 0.25) is 0 Å². The first kappa shape index (κ1) is 22.5. The third-order valence-corrected chi connectivity index (χ3v) is 8.70. The number of benzene rings is 1. The van der Waals surface area contributed by atoms with Crippen molar-refractivity contribution >= 4 is 54.8 Å². The van der Waals surface area contributed by atoms with Crippen molar-refractivity contribution in [1.82, 2.24) is 10.3 Å². The summed E-state index contributed by atoms with van der Waals surface area (Å²) in [6.07, 6.45) is 1.96. The van der Waals surface area contributed by atoms with Gasteiger partial charge in [0.1, 0.15) is 0 Å². The molecule has 3 aromatic rings. The lowest BCUT2D eigenvalue weighted by molar-refractivity contribution is -0.119. The fourth-order valence-corrected chi connectivity index (χ4v) is 6.27. The number of nitrogens with zero attached hydrogens (tertiary/aromatic N) is 1. The summed E-state index contributed by atoms with van der Waals surface area (Å²) in [5.41, 5.74) is 0. The molecule has 0 aliphatic carbocycles. The third-order valence-electron chi connectivity index (χ3n) is 4.56. The number of carbonyl (C=O) groups excluding carboxylic acids is 1. The Bertz CT molecular complexity index is 1140. The van der Waals surface area contributed by atoms with Gasteiger partial charge in [0.05, 0.1) is 21.6 Å². The van der Waals surface area contributed by atoms with Gasteiger partial charge in [-0.05, 0) is 48.6 Å². The summed E-state index contributed by atoms with van der Waals surface area (Å²) in [6.45, 7) is 1.16. The number of hydrogen-bond acceptors (Lipinski definition) is 8. The van der Waals surface area contributed by atoms with Gasteiger partial charge in [-0.25, -0.2) is 8.42 Å². The molecule has 11 heteroatoms. The summed E-state index contributed by atoms with van der Waals surface area (Å²) in [7, 11) is -3.92. The number of hydrogen-bond donors (Lipinski definition) is 1. The van der Waals surface area contributed by atoms with E-state index in [0.29, 0.717) is 11.4 Å². The van der Waals surface area contributed by atoms with Crippen LogP contribution >= 0.6 is 39.0 Å². The predicted molar refractivity (Wildman–Crippen MR) is 122 cm³/mol. The highest BCUT2D eigenvalue weighted by molar-refractivity contribution is 9.10. The van der Waals surface area contributed by atoms with Crippen LogP contribution in [0.15, 0.2) is 65.7 Å². The van der Waals surface area contributed by atoms with Crippen molar-refractivity contribution < 1.29 is 22.4 Å². The van der Waals surface area contributed by atoms with E-state index in [1.165, 1.54) is 23.5 Å². The molecule has 1 saturated heterocycles. The van der Waals surface area contributed by atoms with Gasteiger partial charge in [0.25, 0.3) is 0 Å². The molecule has 0 bridgehead atoms. The number of rotatable bonds is 8. The van der Waals surface area contributed by atoms with Crippen molar-refractivity contribution in [2.45, 2.75) is 34.0 Å². The molecule has 0 radical (unpaired) electrons. The molecule has 1 amide bonds. The highest BCUT2D eigenvalue weighted by atomic mass is 79.9. The first-order chi connectivity index (χ1) is 14.9. The van der Waals surface area contributed by atoms with Gasteiger partial charge in [-0.1, -0.05) is 33.8 Å². The summed E-state index contributed by atoms with van der Waals surface area (Å²) in [6, 6.07) is 9.94. The Kier molecular flexibility index (Phi) is 7.17. The maximum absolute atomic E-state index is 13.2. The molecule has 1 fully saturated rings. The standard InChI is InChI=1S/C20H19BrN2O5S3/c21-13-5-7-15(8-6-13)31(25,26)19-20(28-18(23-19)16-4-2-10-29-16)30-12-17(24)22-11-14-3-1-9-27-14/h2,4-8,10,14H,1,3,9,11-12H2,(H,22,24)/t14-/m1/s1. The van der Waals surface area contributed by atoms with E-state index in [2.05, 4.69) is 26.2 Å². The number of aromatic nitrogens is 1. The maximum Gasteiger partial charge on any atom is 0.238 e. The topological polar surface area (TPSA) is 98.5 Å². The van der Waals surface area contributed by atoms with Crippen LogP contribution in [0.1, 0.15) is 12.8 Å². The Balaban J connectivity index is 1.55. The minimum atomic E-state index is -3.92. The van der Waals surface area contributed by atoms with Gasteiger partial charge in [0, 0.05) is 17.6 Å². The number of sulfone groups is 1. The second kappa shape index (κ2) is 9.86. The molecular weight excluding hydrogens is 524 g/mol. The van der Waals surface area contributed by atoms with Crippen molar-refractivity contribution in [3.63, 3.8) is 0 Å². The van der Waals surface area contributed by atoms with E-state index in [9.17, 15) is 13.2 Å². The second-order valence-corrected chi connectivity index (χ2v) is 11.5. The smallest absolute Gasteiger partial charge is 0.238 e. The maximum atomic E-state index is 13.2. The van der Waals surface area contributed by atoms with E-state index in [4.69, 9.17) is 9.15 Å². The number of halogens is 1. The normalized spacial score (nSPS) is 16.5. The summed E-state index contributed by atoms with van der Waals surface area (Å²) in [5.74, 6) is 0.00350. The highest BCUT2D eigenvalue weighted by Gasteiger charge is 2.29. The van der Waals surface area contributed by atoms with Crippen LogP contribution < -0.4 is 5.32 Å². The van der Waals surface area contributed by atoms with Crippen molar-refractivity contribution in [1.29, 1.82) is 0 Å². The molecule has 0 spiro atoms. The first-order valence-corrected chi connectivity index (χ1v) is 13.6. The van der Waals surface area contributed by atoms with Crippen LogP contribution in [0, 0.1) is 0 Å². The molecular formula is C20H19BrN2O5S3. The molecule has 1 aliphatic rings. The molecule has 4 rings (SSSR count). The van der Waals surface area contributed by atoms with Crippen LogP contribution in [-0.4, -0.2) is 44.3 Å². The monoisotopic (exact) mass is 542 g/mol. The molecule has 1 N–H and O–H groups in total. The first-order valence-electron chi connectivity index (χ1n) is 9.50. The molecule has 1 aliphatic heterocycles. The third kappa shape index (κ3) is 5.40. The average Bonchev–Trinajstić information content (AvgIpc) is 3.52. The highest BCUT2D eigenvalue weighted by Crippen LogP contribution is 2.36. The number of amides is 1. The number of carbonyl (C=O) groups is 1. The summed E-state index contributed by atoms with van der Waals surface area (Å²) < 4.78 is 38.5. The lowest BCUT2D eigenvalue weighted by atomic mass is 10.2. The van der Waals surface area contributed by atoms with Crippen LogP contribution in [0.3, 0.4) is 0 Å². The number of oxazole rings is 1. The Morgan fingerprint density at radius 3 is 2.77 bits per heavy atom. The Hall–Kier alpha value is -1.66. The van der Waals surface area contributed by atoms with Gasteiger partial charge in [-0.3, -0.25) is 4.79 Å². The Labute approximate surface area is 196 Å². The zero-order valence-electron chi connectivity index (χ0n) is 16.2. The molecule has 1 aromatic carbocycles. The lowest BCUT2D eigenvalue weighted by Crippen LogP contribution is -2.32.